The van der Waals surface area contributed by atoms with E-state index in [2.05, 4.69) is 23.2 Å². The van der Waals surface area contributed by atoms with Crippen molar-refractivity contribution in [1.29, 1.82) is 0 Å². The highest BCUT2D eigenvalue weighted by atomic mass is 16.3. The summed E-state index contributed by atoms with van der Waals surface area (Å²) >= 11 is 0. The molecule has 0 aliphatic heterocycles. The minimum Gasteiger partial charge on any atom is -0.393 e. The Balaban J connectivity index is 1.81. The van der Waals surface area contributed by atoms with Gasteiger partial charge in [-0.05, 0) is 68.6 Å². The molecule has 1 aromatic heterocycles. The Morgan fingerprint density at radius 2 is 1.67 bits per heavy atom. The van der Waals surface area contributed by atoms with Crippen LogP contribution in [0.3, 0.4) is 0 Å². The summed E-state index contributed by atoms with van der Waals surface area (Å²) in [7, 11) is 0. The summed E-state index contributed by atoms with van der Waals surface area (Å²) < 4.78 is 0. The highest BCUT2D eigenvalue weighted by Crippen LogP contribution is 2.40. The van der Waals surface area contributed by atoms with Crippen molar-refractivity contribution >= 4 is 6.08 Å². The fourth-order valence-corrected chi connectivity index (χ4v) is 4.05. The van der Waals surface area contributed by atoms with Crippen molar-refractivity contribution in [2.45, 2.75) is 63.9 Å². The molecule has 1 heterocycles. The zero-order valence-corrected chi connectivity index (χ0v) is 12.9. The van der Waals surface area contributed by atoms with Gasteiger partial charge in [0.05, 0.1) is 11.8 Å². The van der Waals surface area contributed by atoms with E-state index in [9.17, 15) is 5.11 Å². The van der Waals surface area contributed by atoms with Gasteiger partial charge in [0.2, 0.25) is 0 Å². The molecule has 114 valence electrons. The topological polar surface area (TPSA) is 33.1 Å². The van der Waals surface area contributed by atoms with Gasteiger partial charge < -0.3 is 5.11 Å². The Hall–Kier alpha value is -1.15. The summed E-state index contributed by atoms with van der Waals surface area (Å²) in [4.78, 5) is 4.50. The highest BCUT2D eigenvalue weighted by molar-refractivity contribution is 5.50. The zero-order valence-electron chi connectivity index (χ0n) is 12.9. The molecule has 2 fully saturated rings. The van der Waals surface area contributed by atoms with Gasteiger partial charge in [-0.15, -0.1) is 0 Å². The SMILES string of the molecule is OC1CCC(C(=Cc2ccccn2)C2CCCCC2)CC1. The van der Waals surface area contributed by atoms with Crippen molar-refractivity contribution in [2.75, 3.05) is 0 Å². The number of aliphatic hydroxyl groups is 1. The second-order valence-corrected chi connectivity index (χ2v) is 6.74. The largest absolute Gasteiger partial charge is 0.393 e. The van der Waals surface area contributed by atoms with E-state index in [1.165, 1.54) is 32.1 Å². The van der Waals surface area contributed by atoms with Gasteiger partial charge in [-0.2, -0.15) is 0 Å². The zero-order chi connectivity index (χ0) is 14.5. The van der Waals surface area contributed by atoms with Crippen LogP contribution in [0.4, 0.5) is 0 Å². The van der Waals surface area contributed by atoms with Gasteiger partial charge in [-0.1, -0.05) is 30.9 Å². The van der Waals surface area contributed by atoms with Crippen LogP contribution in [0.1, 0.15) is 63.5 Å². The minimum absolute atomic E-state index is 0.0660. The molecule has 0 aromatic carbocycles. The van der Waals surface area contributed by atoms with Gasteiger partial charge in [-0.25, -0.2) is 0 Å². The third kappa shape index (κ3) is 3.94. The molecule has 21 heavy (non-hydrogen) atoms. The molecule has 0 amide bonds. The van der Waals surface area contributed by atoms with E-state index in [0.29, 0.717) is 5.92 Å². The second kappa shape index (κ2) is 7.22. The molecule has 0 bridgehead atoms. The smallest absolute Gasteiger partial charge is 0.0629 e. The fourth-order valence-electron chi connectivity index (χ4n) is 4.05. The molecular weight excluding hydrogens is 258 g/mol. The van der Waals surface area contributed by atoms with E-state index >= 15 is 0 Å². The Bertz CT molecular complexity index is 454. The third-order valence-corrected chi connectivity index (χ3v) is 5.25. The maximum absolute atomic E-state index is 9.78. The van der Waals surface area contributed by atoms with Crippen LogP contribution < -0.4 is 0 Å². The summed E-state index contributed by atoms with van der Waals surface area (Å²) in [6, 6.07) is 6.16. The number of aliphatic hydroxyl groups excluding tert-OH is 1. The van der Waals surface area contributed by atoms with Crippen LogP contribution in [0.15, 0.2) is 30.0 Å². The lowest BCUT2D eigenvalue weighted by Crippen LogP contribution is -2.23. The quantitative estimate of drug-likeness (QED) is 0.880. The maximum Gasteiger partial charge on any atom is 0.0629 e. The van der Waals surface area contributed by atoms with Gasteiger partial charge in [0.15, 0.2) is 0 Å². The van der Waals surface area contributed by atoms with E-state index in [-0.39, 0.29) is 6.10 Å². The van der Waals surface area contributed by atoms with Crippen molar-refractivity contribution in [3.63, 3.8) is 0 Å². The lowest BCUT2D eigenvalue weighted by Gasteiger charge is -2.34. The predicted molar refractivity (Wildman–Crippen MR) is 86.8 cm³/mol. The van der Waals surface area contributed by atoms with Gasteiger partial charge >= 0.3 is 0 Å². The molecule has 0 spiro atoms. The lowest BCUT2D eigenvalue weighted by atomic mass is 9.73. The first-order valence-electron chi connectivity index (χ1n) is 8.63. The molecule has 0 radical (unpaired) electrons. The van der Waals surface area contributed by atoms with E-state index < -0.39 is 0 Å². The summed E-state index contributed by atoms with van der Waals surface area (Å²) in [5, 5.41) is 9.78. The van der Waals surface area contributed by atoms with E-state index in [1.807, 2.05) is 12.3 Å². The molecule has 2 heteroatoms. The number of hydrogen-bond acceptors (Lipinski definition) is 2. The number of hydrogen-bond donors (Lipinski definition) is 1. The van der Waals surface area contributed by atoms with Crippen molar-refractivity contribution in [2.24, 2.45) is 11.8 Å². The summed E-state index contributed by atoms with van der Waals surface area (Å²) in [5.74, 6) is 1.42. The summed E-state index contributed by atoms with van der Waals surface area (Å²) in [6.45, 7) is 0. The fraction of sp³-hybridized carbons (Fsp3) is 0.632. The molecule has 0 atom stereocenters. The molecule has 0 saturated heterocycles. The molecule has 1 N–H and O–H groups in total. The number of pyridine rings is 1. The van der Waals surface area contributed by atoms with E-state index in [1.54, 1.807) is 5.57 Å². The summed E-state index contributed by atoms with van der Waals surface area (Å²) in [6.07, 6.45) is 15.3. The Kier molecular flexibility index (Phi) is 5.08. The average molecular weight is 285 g/mol. The third-order valence-electron chi connectivity index (χ3n) is 5.25. The van der Waals surface area contributed by atoms with Gasteiger partial charge in [0.25, 0.3) is 0 Å². The van der Waals surface area contributed by atoms with Crippen molar-refractivity contribution < 1.29 is 5.11 Å². The molecular formula is C19H27NO. The van der Waals surface area contributed by atoms with Crippen molar-refractivity contribution in [3.05, 3.63) is 35.7 Å². The van der Waals surface area contributed by atoms with Gasteiger partial charge in [0, 0.05) is 6.20 Å². The Labute approximate surface area is 128 Å². The molecule has 1 aromatic rings. The average Bonchev–Trinajstić information content (AvgIpc) is 2.55. The highest BCUT2D eigenvalue weighted by Gasteiger charge is 2.28. The Morgan fingerprint density at radius 3 is 2.33 bits per heavy atom. The standard InChI is InChI=1S/C19H27NO/c21-18-11-9-16(10-12-18)19(15-6-2-1-3-7-15)14-17-8-4-5-13-20-17/h4-5,8,13-16,18,21H,1-3,6-7,9-12H2. The maximum atomic E-state index is 9.78. The van der Waals surface area contributed by atoms with Crippen LogP contribution >= 0.6 is 0 Å². The monoisotopic (exact) mass is 285 g/mol. The first-order chi connectivity index (χ1) is 10.3. The lowest BCUT2D eigenvalue weighted by molar-refractivity contribution is 0.113. The molecule has 2 nitrogen and oxygen atoms in total. The van der Waals surface area contributed by atoms with E-state index in [0.717, 1.165) is 37.3 Å². The molecule has 0 unspecified atom stereocenters. The molecule has 3 rings (SSSR count). The van der Waals surface area contributed by atoms with Crippen LogP contribution in [0.25, 0.3) is 6.08 Å². The van der Waals surface area contributed by atoms with Crippen LogP contribution in [0.5, 0.6) is 0 Å². The molecule has 2 saturated carbocycles. The first kappa shape index (κ1) is 14.8. The summed E-state index contributed by atoms with van der Waals surface area (Å²) in [5.41, 5.74) is 2.73. The second-order valence-electron chi connectivity index (χ2n) is 6.74. The van der Waals surface area contributed by atoms with Crippen LogP contribution in [0, 0.1) is 11.8 Å². The van der Waals surface area contributed by atoms with Crippen LogP contribution in [0.2, 0.25) is 0 Å². The number of allylic oxidation sites excluding steroid dienone is 1. The minimum atomic E-state index is -0.0660. The number of aromatic nitrogens is 1. The predicted octanol–water partition coefficient (Wildman–Crippen LogP) is 4.60. The Morgan fingerprint density at radius 1 is 0.952 bits per heavy atom. The molecule has 2 aliphatic carbocycles. The van der Waals surface area contributed by atoms with Crippen LogP contribution in [-0.4, -0.2) is 16.2 Å². The van der Waals surface area contributed by atoms with Crippen LogP contribution in [-0.2, 0) is 0 Å². The first-order valence-corrected chi connectivity index (χ1v) is 8.63. The van der Waals surface area contributed by atoms with E-state index in [4.69, 9.17) is 0 Å². The van der Waals surface area contributed by atoms with Crippen molar-refractivity contribution in [1.82, 2.24) is 4.98 Å². The number of nitrogens with zero attached hydrogens (tertiary/aromatic N) is 1. The van der Waals surface area contributed by atoms with Crippen molar-refractivity contribution in [3.8, 4) is 0 Å². The molecule has 2 aliphatic rings. The van der Waals surface area contributed by atoms with Gasteiger partial charge in [-0.3, -0.25) is 4.98 Å². The normalized spacial score (nSPS) is 28.5. The number of rotatable bonds is 3. The van der Waals surface area contributed by atoms with Gasteiger partial charge in [0.1, 0.15) is 0 Å².